The summed E-state index contributed by atoms with van der Waals surface area (Å²) in [5.74, 6) is 0.687. The fraction of sp³-hybridized carbons (Fsp3) is 0.417. The zero-order valence-corrected chi connectivity index (χ0v) is 9.66. The van der Waals surface area contributed by atoms with Crippen LogP contribution in [-0.2, 0) is 0 Å². The molecule has 0 amide bonds. The fourth-order valence-corrected chi connectivity index (χ4v) is 1.70. The maximum atomic E-state index is 6.05. The van der Waals surface area contributed by atoms with E-state index in [9.17, 15) is 0 Å². The smallest absolute Gasteiger partial charge is 0.192 e. The Morgan fingerprint density at radius 3 is 3.06 bits per heavy atom. The third kappa shape index (κ3) is 2.23. The minimum absolute atomic E-state index is 0.00486. The number of oxazole rings is 1. The largest absolute Gasteiger partial charge is 0.441 e. The van der Waals surface area contributed by atoms with Crippen LogP contribution in [0.25, 0.3) is 11.1 Å². The van der Waals surface area contributed by atoms with Gasteiger partial charge >= 0.3 is 0 Å². The van der Waals surface area contributed by atoms with E-state index in [1.54, 1.807) is 0 Å². The van der Waals surface area contributed by atoms with Crippen molar-refractivity contribution in [3.8, 4) is 0 Å². The maximum absolute atomic E-state index is 6.05. The minimum atomic E-state index is -0.00486. The van der Waals surface area contributed by atoms with Crippen LogP contribution in [0.1, 0.15) is 24.4 Å². The van der Waals surface area contributed by atoms with Crippen LogP contribution < -0.4 is 11.1 Å². The lowest BCUT2D eigenvalue weighted by molar-refractivity contribution is 0.559. The molecule has 1 aromatic heterocycles. The highest BCUT2D eigenvalue weighted by atomic mass is 16.3. The lowest BCUT2D eigenvalue weighted by Crippen LogP contribution is -2.26. The van der Waals surface area contributed by atoms with E-state index in [0.717, 1.165) is 29.8 Å². The van der Waals surface area contributed by atoms with E-state index in [2.05, 4.69) is 17.2 Å². The SMILES string of the molecule is CCNCC(N)c1ccc2nc(C)oc2c1. The number of hydrogen-bond donors (Lipinski definition) is 2. The Morgan fingerprint density at radius 2 is 2.31 bits per heavy atom. The summed E-state index contributed by atoms with van der Waals surface area (Å²) in [5, 5.41) is 3.23. The number of rotatable bonds is 4. The van der Waals surface area contributed by atoms with E-state index < -0.39 is 0 Å². The molecule has 0 fully saturated rings. The summed E-state index contributed by atoms with van der Waals surface area (Å²) in [6.07, 6.45) is 0. The van der Waals surface area contributed by atoms with Gasteiger partial charge in [-0.2, -0.15) is 0 Å². The lowest BCUT2D eigenvalue weighted by Gasteiger charge is -2.11. The van der Waals surface area contributed by atoms with Crippen molar-refractivity contribution in [1.82, 2.24) is 10.3 Å². The van der Waals surface area contributed by atoms with Gasteiger partial charge in [-0.3, -0.25) is 0 Å². The first kappa shape index (κ1) is 11.1. The average Bonchev–Trinajstić information content (AvgIpc) is 2.64. The normalized spacial score (nSPS) is 13.2. The van der Waals surface area contributed by atoms with Crippen LogP contribution in [0.3, 0.4) is 0 Å². The van der Waals surface area contributed by atoms with Crippen molar-refractivity contribution in [1.29, 1.82) is 0 Å². The molecule has 1 atom stereocenters. The highest BCUT2D eigenvalue weighted by molar-refractivity contribution is 5.73. The number of benzene rings is 1. The Kier molecular flexibility index (Phi) is 3.22. The minimum Gasteiger partial charge on any atom is -0.441 e. The molecule has 86 valence electrons. The molecule has 0 aliphatic carbocycles. The molecule has 4 heteroatoms. The summed E-state index contributed by atoms with van der Waals surface area (Å²) in [4.78, 5) is 4.25. The van der Waals surface area contributed by atoms with Gasteiger partial charge in [-0.25, -0.2) is 4.98 Å². The number of likely N-dealkylation sites (N-methyl/N-ethyl adjacent to an activating group) is 1. The molecular formula is C12H17N3O. The van der Waals surface area contributed by atoms with Crippen LogP contribution >= 0.6 is 0 Å². The molecular weight excluding hydrogens is 202 g/mol. The Bertz CT molecular complexity index is 478. The van der Waals surface area contributed by atoms with E-state index in [4.69, 9.17) is 10.2 Å². The summed E-state index contributed by atoms with van der Waals surface area (Å²) in [6.45, 7) is 5.61. The second-order valence-electron chi connectivity index (χ2n) is 3.87. The zero-order chi connectivity index (χ0) is 11.5. The fourth-order valence-electron chi connectivity index (χ4n) is 1.70. The van der Waals surface area contributed by atoms with Crippen LogP contribution in [0.5, 0.6) is 0 Å². The van der Waals surface area contributed by atoms with Crippen molar-refractivity contribution in [2.75, 3.05) is 13.1 Å². The standard InChI is InChI=1S/C12H17N3O/c1-3-14-7-10(13)9-4-5-11-12(6-9)16-8(2)15-11/h4-6,10,14H,3,7,13H2,1-2H3. The second kappa shape index (κ2) is 4.63. The van der Waals surface area contributed by atoms with Gasteiger partial charge in [0.05, 0.1) is 0 Å². The van der Waals surface area contributed by atoms with Crippen molar-refractivity contribution >= 4 is 11.1 Å². The molecule has 2 aromatic rings. The summed E-state index contributed by atoms with van der Waals surface area (Å²) in [5.41, 5.74) is 8.82. The predicted octanol–water partition coefficient (Wildman–Crippen LogP) is 1.75. The molecule has 0 radical (unpaired) electrons. The quantitative estimate of drug-likeness (QED) is 0.822. The molecule has 0 bridgehead atoms. The highest BCUT2D eigenvalue weighted by Gasteiger charge is 2.08. The Hall–Kier alpha value is -1.39. The van der Waals surface area contributed by atoms with Crippen molar-refractivity contribution in [2.24, 2.45) is 5.73 Å². The molecule has 0 saturated carbocycles. The number of nitrogens with zero attached hydrogens (tertiary/aromatic N) is 1. The predicted molar refractivity (Wildman–Crippen MR) is 64.2 cm³/mol. The molecule has 0 aliphatic rings. The van der Waals surface area contributed by atoms with Crippen molar-refractivity contribution < 1.29 is 4.42 Å². The van der Waals surface area contributed by atoms with Gasteiger partial charge in [-0.05, 0) is 24.2 Å². The number of nitrogens with two attached hydrogens (primary N) is 1. The van der Waals surface area contributed by atoms with Crippen LogP contribution in [0.15, 0.2) is 22.6 Å². The third-order valence-corrected chi connectivity index (χ3v) is 2.56. The first-order valence-corrected chi connectivity index (χ1v) is 5.54. The van der Waals surface area contributed by atoms with E-state index in [-0.39, 0.29) is 6.04 Å². The summed E-state index contributed by atoms with van der Waals surface area (Å²) >= 11 is 0. The zero-order valence-electron chi connectivity index (χ0n) is 9.66. The average molecular weight is 219 g/mol. The number of aromatic nitrogens is 1. The molecule has 3 N–H and O–H groups in total. The van der Waals surface area contributed by atoms with Crippen molar-refractivity contribution in [3.63, 3.8) is 0 Å². The van der Waals surface area contributed by atoms with Gasteiger partial charge in [0.25, 0.3) is 0 Å². The van der Waals surface area contributed by atoms with Crippen LogP contribution in [-0.4, -0.2) is 18.1 Å². The Morgan fingerprint density at radius 1 is 1.50 bits per heavy atom. The molecule has 0 spiro atoms. The number of fused-ring (bicyclic) bond motifs is 1. The van der Waals surface area contributed by atoms with Crippen LogP contribution in [0.4, 0.5) is 0 Å². The van der Waals surface area contributed by atoms with Crippen molar-refractivity contribution in [3.05, 3.63) is 29.7 Å². The van der Waals surface area contributed by atoms with E-state index in [1.807, 2.05) is 25.1 Å². The molecule has 2 rings (SSSR count). The van der Waals surface area contributed by atoms with Gasteiger partial charge in [0.1, 0.15) is 5.52 Å². The third-order valence-electron chi connectivity index (χ3n) is 2.56. The second-order valence-corrected chi connectivity index (χ2v) is 3.87. The molecule has 1 aromatic carbocycles. The first-order valence-electron chi connectivity index (χ1n) is 5.54. The van der Waals surface area contributed by atoms with Gasteiger partial charge in [0.15, 0.2) is 11.5 Å². The number of nitrogens with one attached hydrogen (secondary N) is 1. The lowest BCUT2D eigenvalue weighted by atomic mass is 10.1. The van der Waals surface area contributed by atoms with Gasteiger partial charge in [-0.1, -0.05) is 13.0 Å². The van der Waals surface area contributed by atoms with Crippen LogP contribution in [0, 0.1) is 6.92 Å². The summed E-state index contributed by atoms with van der Waals surface area (Å²) in [7, 11) is 0. The van der Waals surface area contributed by atoms with Gasteiger partial charge < -0.3 is 15.5 Å². The number of aryl methyl sites for hydroxylation is 1. The maximum Gasteiger partial charge on any atom is 0.192 e. The molecule has 0 saturated heterocycles. The summed E-state index contributed by atoms with van der Waals surface area (Å²) in [6, 6.07) is 5.92. The summed E-state index contributed by atoms with van der Waals surface area (Å²) < 4.78 is 5.48. The Balaban J connectivity index is 2.24. The van der Waals surface area contributed by atoms with Gasteiger partial charge in [0, 0.05) is 19.5 Å². The van der Waals surface area contributed by atoms with E-state index in [0.29, 0.717) is 5.89 Å². The molecule has 16 heavy (non-hydrogen) atoms. The van der Waals surface area contributed by atoms with Gasteiger partial charge in [0.2, 0.25) is 0 Å². The van der Waals surface area contributed by atoms with E-state index >= 15 is 0 Å². The Labute approximate surface area is 94.8 Å². The highest BCUT2D eigenvalue weighted by Crippen LogP contribution is 2.19. The molecule has 4 nitrogen and oxygen atoms in total. The molecule has 0 aliphatic heterocycles. The number of hydrogen-bond acceptors (Lipinski definition) is 4. The molecule has 1 unspecified atom stereocenters. The molecule has 1 heterocycles. The van der Waals surface area contributed by atoms with E-state index in [1.165, 1.54) is 0 Å². The first-order chi connectivity index (χ1) is 7.70. The topological polar surface area (TPSA) is 64.1 Å². The monoisotopic (exact) mass is 219 g/mol. The van der Waals surface area contributed by atoms with Crippen molar-refractivity contribution in [2.45, 2.75) is 19.9 Å². The van der Waals surface area contributed by atoms with Crippen LogP contribution in [0.2, 0.25) is 0 Å². The van der Waals surface area contributed by atoms with Gasteiger partial charge in [-0.15, -0.1) is 0 Å².